The Balaban J connectivity index is 1.52. The molecule has 1 aliphatic heterocycles. The molecule has 1 unspecified atom stereocenters. The first-order valence-electron chi connectivity index (χ1n) is 11.2. The number of carbonyl (C=O) groups is 1. The van der Waals surface area contributed by atoms with Gasteiger partial charge in [-0.2, -0.15) is 5.26 Å². The van der Waals surface area contributed by atoms with Gasteiger partial charge in [-0.05, 0) is 47.9 Å². The molecule has 30 heavy (non-hydrogen) atoms. The fraction of sp³-hybridized carbons (Fsp3) is 0.423. The quantitative estimate of drug-likeness (QED) is 0.598. The first kappa shape index (κ1) is 20.3. The lowest BCUT2D eigenvalue weighted by molar-refractivity contribution is -0.128. The third kappa shape index (κ3) is 4.16. The van der Waals surface area contributed by atoms with Crippen molar-refractivity contribution in [3.8, 4) is 17.2 Å². The van der Waals surface area contributed by atoms with Gasteiger partial charge in [-0.3, -0.25) is 14.7 Å². The van der Waals surface area contributed by atoms with Crippen LogP contribution >= 0.6 is 0 Å². The zero-order chi connectivity index (χ0) is 20.9. The van der Waals surface area contributed by atoms with Gasteiger partial charge in [0, 0.05) is 6.42 Å². The second-order valence-corrected chi connectivity index (χ2v) is 8.42. The molecule has 2 aromatic rings. The highest BCUT2D eigenvalue weighted by atomic mass is 16.2. The van der Waals surface area contributed by atoms with E-state index in [4.69, 9.17) is 4.99 Å². The molecule has 4 heteroatoms. The largest absolute Gasteiger partial charge is 0.294 e. The molecule has 0 radical (unpaired) electrons. The lowest BCUT2D eigenvalue weighted by atomic mass is 9.98. The zero-order valence-corrected chi connectivity index (χ0v) is 17.7. The van der Waals surface area contributed by atoms with E-state index in [1.165, 1.54) is 12.8 Å². The minimum Gasteiger partial charge on any atom is -0.294 e. The Hall–Kier alpha value is -2.93. The van der Waals surface area contributed by atoms with Crippen molar-refractivity contribution in [1.29, 1.82) is 5.26 Å². The number of rotatable bonds is 7. The van der Waals surface area contributed by atoms with Crippen molar-refractivity contribution in [2.24, 2.45) is 10.9 Å². The van der Waals surface area contributed by atoms with Crippen LogP contribution in [0.2, 0.25) is 0 Å². The molecule has 0 aromatic heterocycles. The molecular weight excluding hydrogens is 370 g/mol. The van der Waals surface area contributed by atoms with Crippen molar-refractivity contribution in [2.75, 3.05) is 0 Å². The van der Waals surface area contributed by atoms with Gasteiger partial charge in [0.05, 0.1) is 18.2 Å². The van der Waals surface area contributed by atoms with E-state index in [0.717, 1.165) is 54.6 Å². The van der Waals surface area contributed by atoms with E-state index in [9.17, 15) is 10.1 Å². The molecular formula is C26H29N3O. The zero-order valence-electron chi connectivity index (χ0n) is 17.7. The lowest BCUT2D eigenvalue weighted by Crippen LogP contribution is -2.36. The summed E-state index contributed by atoms with van der Waals surface area (Å²) in [6.07, 6.45) is 7.73. The molecule has 2 aliphatic rings. The van der Waals surface area contributed by atoms with Gasteiger partial charge < -0.3 is 0 Å². The van der Waals surface area contributed by atoms with Gasteiger partial charge in [0.25, 0.3) is 5.91 Å². The van der Waals surface area contributed by atoms with E-state index in [1.54, 1.807) is 0 Å². The molecule has 1 amide bonds. The molecule has 1 fully saturated rings. The Morgan fingerprint density at radius 3 is 2.53 bits per heavy atom. The number of hydrogen-bond acceptors (Lipinski definition) is 3. The number of benzene rings is 2. The van der Waals surface area contributed by atoms with Crippen LogP contribution in [0.15, 0.2) is 53.5 Å². The highest BCUT2D eigenvalue weighted by molar-refractivity contribution is 6.06. The number of amides is 1. The van der Waals surface area contributed by atoms with Crippen molar-refractivity contribution >= 4 is 11.7 Å². The predicted molar refractivity (Wildman–Crippen MR) is 120 cm³/mol. The van der Waals surface area contributed by atoms with E-state index in [2.05, 4.69) is 25.1 Å². The minimum atomic E-state index is -0.166. The molecule has 1 aliphatic carbocycles. The van der Waals surface area contributed by atoms with Crippen molar-refractivity contribution in [2.45, 2.75) is 64.5 Å². The molecule has 4 rings (SSSR count). The molecule has 4 nitrogen and oxygen atoms in total. The second kappa shape index (κ2) is 9.26. The van der Waals surface area contributed by atoms with Gasteiger partial charge in [0.2, 0.25) is 0 Å². The molecule has 0 bridgehead atoms. The van der Waals surface area contributed by atoms with E-state index in [-0.39, 0.29) is 11.9 Å². The highest BCUT2D eigenvalue weighted by Crippen LogP contribution is 2.34. The number of nitrogens with zero attached hydrogens (tertiary/aromatic N) is 3. The maximum Gasteiger partial charge on any atom is 0.253 e. The SMILES string of the molecule is CCCCC1=NC(C2CCCC2)C(=O)N1Cc1ccc(-c2ccccc2C#N)cc1. The summed E-state index contributed by atoms with van der Waals surface area (Å²) in [6, 6.07) is 18.0. The summed E-state index contributed by atoms with van der Waals surface area (Å²) in [7, 11) is 0. The van der Waals surface area contributed by atoms with Gasteiger partial charge in [0.15, 0.2) is 0 Å². The molecule has 154 valence electrons. The number of aliphatic imine (C=N–C) groups is 1. The Labute approximate surface area is 179 Å². The monoisotopic (exact) mass is 399 g/mol. The van der Waals surface area contributed by atoms with E-state index in [1.807, 2.05) is 41.3 Å². The Morgan fingerprint density at radius 2 is 1.83 bits per heavy atom. The van der Waals surface area contributed by atoms with Crippen molar-refractivity contribution in [1.82, 2.24) is 4.90 Å². The van der Waals surface area contributed by atoms with Crippen LogP contribution in [0, 0.1) is 17.2 Å². The fourth-order valence-corrected chi connectivity index (χ4v) is 4.66. The van der Waals surface area contributed by atoms with Gasteiger partial charge in [0.1, 0.15) is 11.9 Å². The van der Waals surface area contributed by atoms with Gasteiger partial charge >= 0.3 is 0 Å². The summed E-state index contributed by atoms with van der Waals surface area (Å²) in [5.74, 6) is 1.58. The normalized spacial score (nSPS) is 19.2. The number of nitriles is 1. The Kier molecular flexibility index (Phi) is 6.28. The maximum atomic E-state index is 13.2. The molecule has 1 atom stereocenters. The first-order chi connectivity index (χ1) is 14.7. The number of amidine groups is 1. The highest BCUT2D eigenvalue weighted by Gasteiger charge is 2.39. The summed E-state index contributed by atoms with van der Waals surface area (Å²) in [6.45, 7) is 2.75. The third-order valence-electron chi connectivity index (χ3n) is 6.37. The molecule has 0 spiro atoms. The van der Waals surface area contributed by atoms with Crippen LogP contribution in [0.1, 0.15) is 63.0 Å². The summed E-state index contributed by atoms with van der Waals surface area (Å²) >= 11 is 0. The van der Waals surface area contributed by atoms with Crippen LogP contribution in [0.5, 0.6) is 0 Å². The van der Waals surface area contributed by atoms with E-state index >= 15 is 0 Å². The number of unbranched alkanes of at least 4 members (excludes halogenated alkanes) is 1. The fourth-order valence-electron chi connectivity index (χ4n) is 4.66. The standard InChI is InChI=1S/C26H29N3O/c1-2-3-12-24-28-25(21-8-4-5-9-21)26(30)29(24)18-19-13-15-20(16-14-19)23-11-7-6-10-22(23)17-27/h6-7,10-11,13-16,21,25H,2-5,8-9,12,18H2,1H3. The first-order valence-corrected chi connectivity index (χ1v) is 11.2. The van der Waals surface area contributed by atoms with Crippen LogP contribution in [0.4, 0.5) is 0 Å². The summed E-state index contributed by atoms with van der Waals surface area (Å²) in [5, 5.41) is 9.36. The number of carbonyl (C=O) groups excluding carboxylic acids is 1. The van der Waals surface area contributed by atoms with Crippen LogP contribution in [0.25, 0.3) is 11.1 Å². The third-order valence-corrected chi connectivity index (χ3v) is 6.37. The van der Waals surface area contributed by atoms with Crippen molar-refractivity contribution < 1.29 is 4.79 Å². The van der Waals surface area contributed by atoms with Gasteiger partial charge in [-0.1, -0.05) is 68.7 Å². The molecule has 0 N–H and O–H groups in total. The topological polar surface area (TPSA) is 56.5 Å². The molecule has 1 heterocycles. The van der Waals surface area contributed by atoms with E-state index in [0.29, 0.717) is 18.0 Å². The minimum absolute atomic E-state index is 0.166. The summed E-state index contributed by atoms with van der Waals surface area (Å²) in [5.41, 5.74) is 3.73. The van der Waals surface area contributed by atoms with Crippen molar-refractivity contribution in [3.05, 3.63) is 59.7 Å². The van der Waals surface area contributed by atoms with Crippen LogP contribution in [-0.4, -0.2) is 22.7 Å². The average molecular weight is 400 g/mol. The summed E-state index contributed by atoms with van der Waals surface area (Å²) < 4.78 is 0. The maximum absolute atomic E-state index is 13.2. The van der Waals surface area contributed by atoms with Crippen LogP contribution < -0.4 is 0 Å². The number of hydrogen-bond donors (Lipinski definition) is 0. The molecule has 2 aromatic carbocycles. The molecule has 0 saturated heterocycles. The molecule has 1 saturated carbocycles. The Bertz CT molecular complexity index is 965. The summed E-state index contributed by atoms with van der Waals surface area (Å²) in [4.78, 5) is 20.1. The lowest BCUT2D eigenvalue weighted by Gasteiger charge is -2.21. The van der Waals surface area contributed by atoms with Gasteiger partial charge in [-0.15, -0.1) is 0 Å². The van der Waals surface area contributed by atoms with Crippen LogP contribution in [-0.2, 0) is 11.3 Å². The van der Waals surface area contributed by atoms with Crippen LogP contribution in [0.3, 0.4) is 0 Å². The predicted octanol–water partition coefficient (Wildman–Crippen LogP) is 5.71. The van der Waals surface area contributed by atoms with Gasteiger partial charge in [-0.25, -0.2) is 0 Å². The average Bonchev–Trinajstić information content (AvgIpc) is 3.42. The van der Waals surface area contributed by atoms with E-state index < -0.39 is 0 Å². The van der Waals surface area contributed by atoms with Crippen molar-refractivity contribution in [3.63, 3.8) is 0 Å². The second-order valence-electron chi connectivity index (χ2n) is 8.42. The smallest absolute Gasteiger partial charge is 0.253 e. The Morgan fingerprint density at radius 1 is 1.10 bits per heavy atom.